The van der Waals surface area contributed by atoms with Crippen LogP contribution in [0.5, 0.6) is 23.0 Å². The lowest BCUT2D eigenvalue weighted by atomic mass is 9.74. The quantitative estimate of drug-likeness (QED) is 0.574. The van der Waals surface area contributed by atoms with Crippen LogP contribution >= 0.6 is 0 Å². The summed E-state index contributed by atoms with van der Waals surface area (Å²) in [6.07, 6.45) is 3.67. The molecule has 0 aromatic heterocycles. The summed E-state index contributed by atoms with van der Waals surface area (Å²) in [5.41, 5.74) is 1.91. The average Bonchev–Trinajstić information content (AvgIpc) is 3.49. The van der Waals surface area contributed by atoms with E-state index in [1.165, 1.54) is 24.8 Å². The molecule has 5 heteroatoms. The standard InChI is InChI=1S/C22H25NO4.C3H8.C2H6/c1-14-21(15-5-7-16(24)8-6-15)17-11-19-20(26-13-25-19)12-18(17)27-22(14,2)23-9-3-4-10-23;1-3-2;1-2/h5-8,11-12,14,21,24H,3-4,9-10,13H2,1-2H3;3H2,1-2H3;1-2H3. The van der Waals surface area contributed by atoms with E-state index in [1.54, 1.807) is 12.1 Å². The molecule has 3 aliphatic rings. The number of nitrogens with zero attached hydrogens (tertiary/aromatic N) is 1. The summed E-state index contributed by atoms with van der Waals surface area (Å²) in [7, 11) is 0. The van der Waals surface area contributed by atoms with Gasteiger partial charge in [-0.25, -0.2) is 0 Å². The van der Waals surface area contributed by atoms with Gasteiger partial charge in [-0.2, -0.15) is 0 Å². The minimum absolute atomic E-state index is 0.148. The summed E-state index contributed by atoms with van der Waals surface area (Å²) in [4.78, 5) is 2.47. The van der Waals surface area contributed by atoms with Crippen molar-refractivity contribution in [2.75, 3.05) is 19.9 Å². The summed E-state index contributed by atoms with van der Waals surface area (Å²) in [5, 5.41) is 9.75. The van der Waals surface area contributed by atoms with Crippen LogP contribution in [0.25, 0.3) is 0 Å². The Morgan fingerprint density at radius 2 is 1.53 bits per heavy atom. The van der Waals surface area contributed by atoms with Crippen LogP contribution in [-0.2, 0) is 0 Å². The smallest absolute Gasteiger partial charge is 0.231 e. The molecule has 3 aliphatic heterocycles. The van der Waals surface area contributed by atoms with Crippen molar-refractivity contribution in [2.24, 2.45) is 5.92 Å². The fraction of sp³-hybridized carbons (Fsp3) is 0.556. The van der Waals surface area contributed by atoms with Gasteiger partial charge in [0.25, 0.3) is 0 Å². The van der Waals surface area contributed by atoms with Crippen LogP contribution in [0.15, 0.2) is 36.4 Å². The molecule has 5 rings (SSSR count). The van der Waals surface area contributed by atoms with E-state index < -0.39 is 0 Å². The minimum Gasteiger partial charge on any atom is -0.508 e. The summed E-state index contributed by atoms with van der Waals surface area (Å²) in [6, 6.07) is 11.6. The number of hydrogen-bond acceptors (Lipinski definition) is 5. The molecule has 5 nitrogen and oxygen atoms in total. The molecule has 3 atom stereocenters. The summed E-state index contributed by atoms with van der Waals surface area (Å²) in [6.45, 7) is 15.1. The van der Waals surface area contributed by atoms with E-state index in [9.17, 15) is 5.11 Å². The Morgan fingerprint density at radius 1 is 0.969 bits per heavy atom. The molecule has 0 bridgehead atoms. The van der Waals surface area contributed by atoms with E-state index in [-0.39, 0.29) is 30.1 Å². The van der Waals surface area contributed by atoms with Gasteiger partial charge in [-0.1, -0.05) is 53.2 Å². The largest absolute Gasteiger partial charge is 0.508 e. The van der Waals surface area contributed by atoms with Crippen LogP contribution in [0.1, 0.15) is 77.8 Å². The zero-order valence-corrected chi connectivity index (χ0v) is 20.5. The lowest BCUT2D eigenvalue weighted by molar-refractivity contribution is -0.114. The van der Waals surface area contributed by atoms with Gasteiger partial charge in [0.2, 0.25) is 6.79 Å². The lowest BCUT2D eigenvalue weighted by Gasteiger charge is -2.50. The zero-order valence-electron chi connectivity index (χ0n) is 20.5. The summed E-state index contributed by atoms with van der Waals surface area (Å²) >= 11 is 0. The molecule has 2 aromatic rings. The Balaban J connectivity index is 0.000000536. The van der Waals surface area contributed by atoms with E-state index >= 15 is 0 Å². The number of ether oxygens (including phenoxy) is 3. The van der Waals surface area contributed by atoms with Crippen molar-refractivity contribution in [2.45, 2.75) is 72.4 Å². The van der Waals surface area contributed by atoms with Crippen molar-refractivity contribution in [1.29, 1.82) is 0 Å². The molecule has 1 N–H and O–H groups in total. The highest BCUT2D eigenvalue weighted by Crippen LogP contribution is 2.53. The van der Waals surface area contributed by atoms with Crippen molar-refractivity contribution in [3.8, 4) is 23.0 Å². The Bertz CT molecular complexity index is 876. The first kappa shape index (κ1) is 24.2. The second kappa shape index (κ2) is 10.5. The Kier molecular flexibility index (Phi) is 7.94. The predicted molar refractivity (Wildman–Crippen MR) is 129 cm³/mol. The van der Waals surface area contributed by atoms with Crippen molar-refractivity contribution >= 4 is 0 Å². The molecule has 32 heavy (non-hydrogen) atoms. The number of phenols is 1. The third kappa shape index (κ3) is 4.54. The number of phenolic OH excluding ortho intramolecular Hbond substituents is 1. The molecular formula is C27H39NO4. The number of rotatable bonds is 2. The van der Waals surface area contributed by atoms with Gasteiger partial charge in [0.15, 0.2) is 17.2 Å². The number of aromatic hydroxyl groups is 1. The molecule has 1 saturated heterocycles. The molecule has 3 heterocycles. The first-order valence-electron chi connectivity index (χ1n) is 12.1. The second-order valence-electron chi connectivity index (χ2n) is 8.66. The SMILES string of the molecule is CC.CC1C(c2ccc(O)cc2)c2cc3c(cc2OC1(C)N1CCCC1)OCO3.CCC. The van der Waals surface area contributed by atoms with Gasteiger partial charge < -0.3 is 19.3 Å². The third-order valence-electron chi connectivity index (χ3n) is 6.49. The Labute approximate surface area is 193 Å². The second-order valence-corrected chi connectivity index (χ2v) is 8.66. The van der Waals surface area contributed by atoms with Crippen LogP contribution in [0.2, 0.25) is 0 Å². The maximum Gasteiger partial charge on any atom is 0.231 e. The molecule has 0 amide bonds. The minimum atomic E-state index is -0.389. The van der Waals surface area contributed by atoms with E-state index in [0.29, 0.717) is 0 Å². The third-order valence-corrected chi connectivity index (χ3v) is 6.49. The first-order valence-corrected chi connectivity index (χ1v) is 12.1. The zero-order chi connectivity index (χ0) is 23.3. The lowest BCUT2D eigenvalue weighted by Crippen LogP contribution is -2.57. The number of likely N-dealkylation sites (tertiary alicyclic amines) is 1. The maximum atomic E-state index is 9.75. The van der Waals surface area contributed by atoms with Gasteiger partial charge in [0.05, 0.1) is 0 Å². The molecule has 0 spiro atoms. The fourth-order valence-corrected chi connectivity index (χ4v) is 4.83. The molecule has 0 saturated carbocycles. The molecule has 3 unspecified atom stereocenters. The first-order chi connectivity index (χ1) is 15.5. The van der Waals surface area contributed by atoms with Gasteiger partial charge in [0.1, 0.15) is 11.5 Å². The average molecular weight is 442 g/mol. The van der Waals surface area contributed by atoms with Gasteiger partial charge in [-0.3, -0.25) is 4.90 Å². The van der Waals surface area contributed by atoms with E-state index in [1.807, 2.05) is 32.0 Å². The highest BCUT2D eigenvalue weighted by atomic mass is 16.7. The highest BCUT2D eigenvalue weighted by Gasteiger charge is 2.49. The van der Waals surface area contributed by atoms with E-state index in [4.69, 9.17) is 14.2 Å². The number of benzene rings is 2. The van der Waals surface area contributed by atoms with E-state index in [2.05, 4.69) is 38.7 Å². The molecule has 176 valence electrons. The Hall–Kier alpha value is -2.40. The molecule has 0 radical (unpaired) electrons. The molecular weight excluding hydrogens is 402 g/mol. The normalized spacial score (nSPS) is 25.6. The summed E-state index contributed by atoms with van der Waals surface area (Å²) in [5.74, 6) is 3.05. The topological polar surface area (TPSA) is 51.2 Å². The molecule has 1 fully saturated rings. The van der Waals surface area contributed by atoms with Crippen LogP contribution in [-0.4, -0.2) is 35.6 Å². The van der Waals surface area contributed by atoms with Gasteiger partial charge in [0, 0.05) is 36.6 Å². The monoisotopic (exact) mass is 441 g/mol. The van der Waals surface area contributed by atoms with Gasteiger partial charge >= 0.3 is 0 Å². The maximum absolute atomic E-state index is 9.75. The van der Waals surface area contributed by atoms with Gasteiger partial charge in [-0.15, -0.1) is 0 Å². The van der Waals surface area contributed by atoms with E-state index in [0.717, 1.165) is 35.9 Å². The number of hydrogen-bond donors (Lipinski definition) is 1. The highest BCUT2D eigenvalue weighted by molar-refractivity contribution is 5.56. The summed E-state index contributed by atoms with van der Waals surface area (Å²) < 4.78 is 17.9. The van der Waals surface area contributed by atoms with Crippen molar-refractivity contribution in [1.82, 2.24) is 4.90 Å². The van der Waals surface area contributed by atoms with Gasteiger partial charge in [-0.05, 0) is 43.5 Å². The number of fused-ring (bicyclic) bond motifs is 2. The van der Waals surface area contributed by atoms with Crippen molar-refractivity contribution in [3.63, 3.8) is 0 Å². The van der Waals surface area contributed by atoms with Crippen LogP contribution in [0.3, 0.4) is 0 Å². The van der Waals surface area contributed by atoms with Crippen molar-refractivity contribution < 1.29 is 19.3 Å². The van der Waals surface area contributed by atoms with Crippen molar-refractivity contribution in [3.05, 3.63) is 47.5 Å². The Morgan fingerprint density at radius 3 is 2.12 bits per heavy atom. The predicted octanol–water partition coefficient (Wildman–Crippen LogP) is 6.54. The van der Waals surface area contributed by atoms with Crippen LogP contribution in [0.4, 0.5) is 0 Å². The molecule has 0 aliphatic carbocycles. The van der Waals surface area contributed by atoms with Crippen LogP contribution < -0.4 is 14.2 Å². The van der Waals surface area contributed by atoms with Crippen LogP contribution in [0, 0.1) is 5.92 Å². The fourth-order valence-electron chi connectivity index (χ4n) is 4.83. The molecule has 2 aromatic carbocycles.